The average Bonchev–Trinajstić information content (AvgIpc) is 2.13. The van der Waals surface area contributed by atoms with Crippen LogP contribution in [0.1, 0.15) is 5.56 Å². The molecule has 0 aliphatic rings. The molecular weight excluding hydrogens is 223 g/mol. The van der Waals surface area contributed by atoms with Crippen LogP contribution in [0.15, 0.2) is 23.1 Å². The van der Waals surface area contributed by atoms with Crippen LogP contribution in [0.3, 0.4) is 0 Å². The highest BCUT2D eigenvalue weighted by Crippen LogP contribution is 2.14. The molecule has 0 bridgehead atoms. The summed E-state index contributed by atoms with van der Waals surface area (Å²) in [6, 6.07) is 3.13. The number of ether oxygens (including phenoxy) is 1. The van der Waals surface area contributed by atoms with Gasteiger partial charge in [0.15, 0.2) is 0 Å². The maximum Gasteiger partial charge on any atom is 0.411 e. The molecule has 1 rings (SSSR count). The van der Waals surface area contributed by atoms with Gasteiger partial charge in [0.05, 0.1) is 6.61 Å². The highest BCUT2D eigenvalue weighted by atomic mass is 19.4. The molecule has 0 unspecified atom stereocenters. The van der Waals surface area contributed by atoms with Gasteiger partial charge in [0.25, 0.3) is 5.56 Å². The molecule has 1 aromatic heterocycles. The minimum atomic E-state index is -4.32. The Kier molecular flexibility index (Phi) is 4.12. The second kappa shape index (κ2) is 5.16. The number of halogens is 3. The Morgan fingerprint density at radius 2 is 2.12 bits per heavy atom. The number of nitrogens with zero attached hydrogens (tertiary/aromatic N) is 1. The lowest BCUT2D eigenvalue weighted by molar-refractivity contribution is -0.174. The van der Waals surface area contributed by atoms with E-state index in [0.29, 0.717) is 0 Å². The molecule has 0 spiro atoms. The molecule has 90 valence electrons. The highest BCUT2D eigenvalue weighted by molar-refractivity contribution is 5.07. The van der Waals surface area contributed by atoms with Gasteiger partial charge < -0.3 is 9.30 Å². The van der Waals surface area contributed by atoms with Crippen molar-refractivity contribution in [3.63, 3.8) is 0 Å². The van der Waals surface area contributed by atoms with Crippen molar-refractivity contribution in [3.05, 3.63) is 34.2 Å². The van der Waals surface area contributed by atoms with Crippen LogP contribution in [-0.4, -0.2) is 24.0 Å². The molecule has 3 nitrogen and oxygen atoms in total. The lowest BCUT2D eigenvalue weighted by Crippen LogP contribution is -2.23. The summed E-state index contributed by atoms with van der Waals surface area (Å²) in [6.07, 6.45) is -2.78. The summed E-state index contributed by atoms with van der Waals surface area (Å²) >= 11 is 0. The van der Waals surface area contributed by atoms with E-state index in [1.165, 1.54) is 16.8 Å². The quantitative estimate of drug-likeness (QED) is 0.744. The number of alkyl halides is 3. The van der Waals surface area contributed by atoms with Crippen molar-refractivity contribution in [1.82, 2.24) is 4.57 Å². The molecular formula is C10H12F3NO2. The largest absolute Gasteiger partial charge is 0.411 e. The first-order valence-corrected chi connectivity index (χ1v) is 4.70. The van der Waals surface area contributed by atoms with E-state index >= 15 is 0 Å². The third-order valence-electron chi connectivity index (χ3n) is 1.89. The lowest BCUT2D eigenvalue weighted by atomic mass is 10.3. The van der Waals surface area contributed by atoms with Crippen molar-refractivity contribution in [2.45, 2.75) is 19.6 Å². The monoisotopic (exact) mass is 235 g/mol. The summed E-state index contributed by atoms with van der Waals surface area (Å²) < 4.78 is 40.9. The minimum absolute atomic E-state index is 0.120. The van der Waals surface area contributed by atoms with Gasteiger partial charge in [-0.25, -0.2) is 0 Å². The Balaban J connectivity index is 2.41. The Hall–Kier alpha value is -1.30. The Bertz CT molecular complexity index is 398. The van der Waals surface area contributed by atoms with Gasteiger partial charge in [-0.2, -0.15) is 13.2 Å². The summed E-state index contributed by atoms with van der Waals surface area (Å²) in [7, 11) is 0. The zero-order valence-corrected chi connectivity index (χ0v) is 8.75. The Labute approximate surface area is 90.5 Å². The SMILES string of the molecule is Cc1ccn(CCOCC(F)(F)F)c(=O)c1. The van der Waals surface area contributed by atoms with Gasteiger partial charge in [0, 0.05) is 18.8 Å². The van der Waals surface area contributed by atoms with Crippen LogP contribution in [0.4, 0.5) is 13.2 Å². The molecule has 0 radical (unpaired) electrons. The van der Waals surface area contributed by atoms with Crippen LogP contribution in [0.25, 0.3) is 0 Å². The standard InChI is InChI=1S/C10H12F3NO2/c1-8-2-3-14(9(15)6-8)4-5-16-7-10(11,12)13/h2-3,6H,4-5,7H2,1H3. The van der Waals surface area contributed by atoms with Crippen molar-refractivity contribution < 1.29 is 17.9 Å². The molecule has 1 heterocycles. The first kappa shape index (κ1) is 12.8. The number of aromatic nitrogens is 1. The summed E-state index contributed by atoms with van der Waals surface area (Å²) in [6.45, 7) is 0.469. The lowest BCUT2D eigenvalue weighted by Gasteiger charge is -2.08. The van der Waals surface area contributed by atoms with E-state index in [1.807, 2.05) is 0 Å². The molecule has 0 atom stereocenters. The molecule has 6 heteroatoms. The topological polar surface area (TPSA) is 31.2 Å². The molecule has 0 N–H and O–H groups in total. The smallest absolute Gasteiger partial charge is 0.370 e. The summed E-state index contributed by atoms with van der Waals surface area (Å²) in [4.78, 5) is 11.3. The van der Waals surface area contributed by atoms with E-state index in [2.05, 4.69) is 4.74 Å². The summed E-state index contributed by atoms with van der Waals surface area (Å²) in [5.41, 5.74) is 0.577. The van der Waals surface area contributed by atoms with E-state index in [4.69, 9.17) is 0 Å². The second-order valence-corrected chi connectivity index (χ2v) is 3.40. The summed E-state index contributed by atoms with van der Waals surface area (Å²) in [5.74, 6) is 0. The maximum atomic E-state index is 11.7. The van der Waals surface area contributed by atoms with E-state index in [9.17, 15) is 18.0 Å². The van der Waals surface area contributed by atoms with Crippen molar-refractivity contribution in [2.75, 3.05) is 13.2 Å². The van der Waals surface area contributed by atoms with Gasteiger partial charge in [-0.05, 0) is 18.6 Å². The summed E-state index contributed by atoms with van der Waals surface area (Å²) in [5, 5.41) is 0. The molecule has 0 aromatic carbocycles. The van der Waals surface area contributed by atoms with E-state index in [0.717, 1.165) is 5.56 Å². The first-order chi connectivity index (χ1) is 7.38. The van der Waals surface area contributed by atoms with Crippen molar-refractivity contribution in [2.24, 2.45) is 0 Å². The fourth-order valence-electron chi connectivity index (χ4n) is 1.14. The van der Waals surface area contributed by atoms with Crippen molar-refractivity contribution in [3.8, 4) is 0 Å². The third kappa shape index (κ3) is 4.48. The van der Waals surface area contributed by atoms with Crippen LogP contribution in [0.5, 0.6) is 0 Å². The fourth-order valence-corrected chi connectivity index (χ4v) is 1.14. The van der Waals surface area contributed by atoms with Gasteiger partial charge in [0.1, 0.15) is 6.61 Å². The van der Waals surface area contributed by atoms with Crippen LogP contribution in [-0.2, 0) is 11.3 Å². The number of aryl methyl sites for hydroxylation is 1. The van der Waals surface area contributed by atoms with E-state index in [1.54, 1.807) is 13.0 Å². The van der Waals surface area contributed by atoms with Crippen molar-refractivity contribution in [1.29, 1.82) is 0 Å². The van der Waals surface area contributed by atoms with Gasteiger partial charge in [-0.3, -0.25) is 4.79 Å². The predicted molar refractivity (Wildman–Crippen MR) is 52.3 cm³/mol. The minimum Gasteiger partial charge on any atom is -0.370 e. The van der Waals surface area contributed by atoms with Gasteiger partial charge >= 0.3 is 6.18 Å². The zero-order chi connectivity index (χ0) is 12.2. The van der Waals surface area contributed by atoms with Crippen LogP contribution >= 0.6 is 0 Å². The molecule has 1 aromatic rings. The van der Waals surface area contributed by atoms with E-state index < -0.39 is 12.8 Å². The highest BCUT2D eigenvalue weighted by Gasteiger charge is 2.27. The van der Waals surface area contributed by atoms with Gasteiger partial charge in [-0.1, -0.05) is 0 Å². The zero-order valence-electron chi connectivity index (χ0n) is 8.75. The predicted octanol–water partition coefficient (Wildman–Crippen LogP) is 1.74. The first-order valence-electron chi connectivity index (χ1n) is 4.70. The molecule has 0 amide bonds. The molecule has 16 heavy (non-hydrogen) atoms. The third-order valence-corrected chi connectivity index (χ3v) is 1.89. The molecule has 0 fully saturated rings. The normalized spacial score (nSPS) is 11.8. The number of hydrogen-bond donors (Lipinski definition) is 0. The van der Waals surface area contributed by atoms with Crippen LogP contribution in [0.2, 0.25) is 0 Å². The van der Waals surface area contributed by atoms with E-state index in [-0.39, 0.29) is 18.7 Å². The molecule has 0 saturated heterocycles. The molecule has 0 saturated carbocycles. The number of rotatable bonds is 4. The molecule has 0 aliphatic carbocycles. The fraction of sp³-hybridized carbons (Fsp3) is 0.500. The molecule has 0 aliphatic heterocycles. The number of hydrogen-bond acceptors (Lipinski definition) is 2. The van der Waals surface area contributed by atoms with Crippen molar-refractivity contribution >= 4 is 0 Å². The van der Waals surface area contributed by atoms with Gasteiger partial charge in [-0.15, -0.1) is 0 Å². The van der Waals surface area contributed by atoms with Crippen LogP contribution < -0.4 is 5.56 Å². The Morgan fingerprint density at radius 1 is 1.44 bits per heavy atom. The average molecular weight is 235 g/mol. The maximum absolute atomic E-state index is 11.7. The van der Waals surface area contributed by atoms with Crippen LogP contribution in [0, 0.1) is 6.92 Å². The van der Waals surface area contributed by atoms with Gasteiger partial charge in [0.2, 0.25) is 0 Å². The second-order valence-electron chi connectivity index (χ2n) is 3.40. The Morgan fingerprint density at radius 3 is 2.69 bits per heavy atom. The number of pyridine rings is 1.